The number of hydrogen-bond acceptors (Lipinski definition) is 3. The molecule has 35 heavy (non-hydrogen) atoms. The van der Waals surface area contributed by atoms with Gasteiger partial charge in [-0.1, -0.05) is 30.3 Å². The molecule has 4 aromatic rings. The number of para-hydroxylation sites is 4. The monoisotopic (exact) mass is 467 g/mol. The Morgan fingerprint density at radius 3 is 2.40 bits per heavy atom. The molecule has 0 aliphatic carbocycles. The molecule has 0 N–H and O–H groups in total. The van der Waals surface area contributed by atoms with Crippen LogP contribution in [0.25, 0.3) is 11.0 Å². The van der Waals surface area contributed by atoms with E-state index in [1.165, 1.54) is 27.8 Å². The van der Waals surface area contributed by atoms with E-state index in [-0.39, 0.29) is 11.8 Å². The van der Waals surface area contributed by atoms with Crippen molar-refractivity contribution in [2.75, 3.05) is 18.1 Å². The number of amides is 1. The van der Waals surface area contributed by atoms with E-state index in [2.05, 4.69) is 56.5 Å². The number of carbonyl (C=O) groups is 1. The summed E-state index contributed by atoms with van der Waals surface area (Å²) in [5.41, 5.74) is 9.54. The maximum Gasteiger partial charge on any atom is 0.227 e. The topological polar surface area (TPSA) is 47.4 Å². The van der Waals surface area contributed by atoms with Crippen LogP contribution < -0.4 is 9.64 Å². The molecule has 2 heterocycles. The highest BCUT2D eigenvalue weighted by Crippen LogP contribution is 2.37. The van der Waals surface area contributed by atoms with E-state index < -0.39 is 0 Å². The van der Waals surface area contributed by atoms with Crippen LogP contribution in [0.3, 0.4) is 0 Å². The first-order chi connectivity index (χ1) is 16.9. The maximum atomic E-state index is 13.2. The number of aromatic nitrogens is 2. The van der Waals surface area contributed by atoms with Gasteiger partial charge in [-0.15, -0.1) is 0 Å². The van der Waals surface area contributed by atoms with Gasteiger partial charge in [-0.05, 0) is 86.7 Å². The highest BCUT2D eigenvalue weighted by atomic mass is 16.5. The summed E-state index contributed by atoms with van der Waals surface area (Å²) in [5, 5.41) is 0. The molecule has 1 amide bonds. The van der Waals surface area contributed by atoms with Gasteiger partial charge in [0.15, 0.2) is 0 Å². The number of carbonyl (C=O) groups excluding carboxylic acids is 1. The van der Waals surface area contributed by atoms with Gasteiger partial charge in [-0.3, -0.25) is 4.79 Å². The highest BCUT2D eigenvalue weighted by molar-refractivity contribution is 5.98. The molecule has 1 fully saturated rings. The second-order valence-electron chi connectivity index (χ2n) is 9.59. The summed E-state index contributed by atoms with van der Waals surface area (Å²) in [5.74, 6) is 1.85. The summed E-state index contributed by atoms with van der Waals surface area (Å²) in [6.07, 6.45) is 0.439. The van der Waals surface area contributed by atoms with Gasteiger partial charge in [0.05, 0.1) is 23.3 Å². The zero-order chi connectivity index (χ0) is 24.7. The molecular formula is C30H33N3O2. The molecule has 1 unspecified atom stereocenters. The summed E-state index contributed by atoms with van der Waals surface area (Å²) >= 11 is 0. The van der Waals surface area contributed by atoms with Gasteiger partial charge in [0, 0.05) is 25.4 Å². The molecule has 5 nitrogen and oxygen atoms in total. The molecule has 5 rings (SSSR count). The predicted octanol–water partition coefficient (Wildman–Crippen LogP) is 6.24. The average Bonchev–Trinajstić information content (AvgIpc) is 3.41. The van der Waals surface area contributed by atoms with E-state index in [1.54, 1.807) is 0 Å². The molecule has 1 aliphatic heterocycles. The number of imidazole rings is 1. The maximum absolute atomic E-state index is 13.2. The van der Waals surface area contributed by atoms with Crippen LogP contribution in [0.2, 0.25) is 0 Å². The van der Waals surface area contributed by atoms with E-state index in [9.17, 15) is 4.79 Å². The van der Waals surface area contributed by atoms with E-state index in [0.29, 0.717) is 19.6 Å². The van der Waals surface area contributed by atoms with Gasteiger partial charge < -0.3 is 14.2 Å². The molecule has 0 saturated carbocycles. The zero-order valence-electron chi connectivity index (χ0n) is 21.3. The lowest BCUT2D eigenvalue weighted by molar-refractivity contribution is -0.117. The van der Waals surface area contributed by atoms with Crippen molar-refractivity contribution >= 4 is 22.6 Å². The van der Waals surface area contributed by atoms with E-state index >= 15 is 0 Å². The van der Waals surface area contributed by atoms with Crippen molar-refractivity contribution in [3.8, 4) is 5.75 Å². The van der Waals surface area contributed by atoms with Crippen molar-refractivity contribution in [3.63, 3.8) is 0 Å². The van der Waals surface area contributed by atoms with Gasteiger partial charge in [0.1, 0.15) is 11.6 Å². The lowest BCUT2D eigenvalue weighted by Gasteiger charge is -2.21. The first-order valence-electron chi connectivity index (χ1n) is 12.4. The standard InChI is InChI=1S/C30H33N3O2/c1-6-35-28-14-10-9-13-27(28)32-17-23(16-29(32)34)30-31-25-11-7-8-12-26(25)33(30)18-24-21(4)19(2)15-20(3)22(24)5/h7-15,23H,6,16-18H2,1-5H3. The molecule has 3 aromatic carbocycles. The third-order valence-corrected chi connectivity index (χ3v) is 7.47. The van der Waals surface area contributed by atoms with Crippen LogP contribution in [0.1, 0.15) is 52.9 Å². The minimum Gasteiger partial charge on any atom is -0.492 e. The molecule has 1 aromatic heterocycles. The largest absolute Gasteiger partial charge is 0.492 e. The third-order valence-electron chi connectivity index (χ3n) is 7.47. The van der Waals surface area contributed by atoms with E-state index in [0.717, 1.165) is 34.8 Å². The van der Waals surface area contributed by atoms with Gasteiger partial charge in [0.25, 0.3) is 0 Å². The Kier molecular flexibility index (Phi) is 6.10. The minimum absolute atomic E-state index is 0.0103. The number of aryl methyl sites for hydroxylation is 2. The Morgan fingerprint density at radius 1 is 0.971 bits per heavy atom. The van der Waals surface area contributed by atoms with Crippen LogP contribution in [-0.2, 0) is 11.3 Å². The Bertz CT molecular complexity index is 1390. The summed E-state index contributed by atoms with van der Waals surface area (Å²) in [7, 11) is 0. The summed E-state index contributed by atoms with van der Waals surface area (Å²) in [6.45, 7) is 12.6. The highest BCUT2D eigenvalue weighted by Gasteiger charge is 2.36. The molecule has 1 atom stereocenters. The Labute approximate surface area is 207 Å². The molecule has 1 saturated heterocycles. The van der Waals surface area contributed by atoms with Crippen LogP contribution in [0.5, 0.6) is 5.75 Å². The molecule has 5 heteroatoms. The Balaban J connectivity index is 1.57. The Morgan fingerprint density at radius 2 is 1.66 bits per heavy atom. The van der Waals surface area contributed by atoms with Crippen LogP contribution >= 0.6 is 0 Å². The predicted molar refractivity (Wildman–Crippen MR) is 142 cm³/mol. The van der Waals surface area contributed by atoms with Crippen LogP contribution in [0.15, 0.2) is 54.6 Å². The van der Waals surface area contributed by atoms with Crippen molar-refractivity contribution in [2.24, 2.45) is 0 Å². The number of anilines is 1. The quantitative estimate of drug-likeness (QED) is 0.337. The van der Waals surface area contributed by atoms with Crippen molar-refractivity contribution in [3.05, 3.63) is 88.2 Å². The van der Waals surface area contributed by atoms with Crippen molar-refractivity contribution in [1.82, 2.24) is 9.55 Å². The van der Waals surface area contributed by atoms with E-state index in [1.807, 2.05) is 42.2 Å². The molecular weight excluding hydrogens is 434 g/mol. The molecule has 180 valence electrons. The SMILES string of the molecule is CCOc1ccccc1N1CC(c2nc3ccccc3n2Cc2c(C)c(C)cc(C)c2C)CC1=O. The van der Waals surface area contributed by atoms with Crippen molar-refractivity contribution in [2.45, 2.75) is 53.5 Å². The second-order valence-corrected chi connectivity index (χ2v) is 9.59. The summed E-state index contributed by atoms with van der Waals surface area (Å²) < 4.78 is 8.16. The normalized spacial score (nSPS) is 15.9. The lowest BCUT2D eigenvalue weighted by Crippen LogP contribution is -2.25. The first-order valence-corrected chi connectivity index (χ1v) is 12.4. The summed E-state index contributed by atoms with van der Waals surface area (Å²) in [6, 6.07) is 18.4. The number of benzene rings is 3. The smallest absolute Gasteiger partial charge is 0.227 e. The van der Waals surface area contributed by atoms with Gasteiger partial charge in [-0.2, -0.15) is 0 Å². The van der Waals surface area contributed by atoms with Gasteiger partial charge in [0.2, 0.25) is 5.91 Å². The molecule has 0 bridgehead atoms. The van der Waals surface area contributed by atoms with Crippen LogP contribution in [0, 0.1) is 27.7 Å². The van der Waals surface area contributed by atoms with Gasteiger partial charge >= 0.3 is 0 Å². The van der Waals surface area contributed by atoms with E-state index in [4.69, 9.17) is 9.72 Å². The molecule has 0 radical (unpaired) electrons. The second kappa shape index (κ2) is 9.21. The number of ether oxygens (including phenoxy) is 1. The fraction of sp³-hybridized carbons (Fsp3) is 0.333. The summed E-state index contributed by atoms with van der Waals surface area (Å²) in [4.78, 5) is 20.2. The van der Waals surface area contributed by atoms with Crippen molar-refractivity contribution < 1.29 is 9.53 Å². The fourth-order valence-electron chi connectivity index (χ4n) is 5.34. The average molecular weight is 468 g/mol. The minimum atomic E-state index is 0.0103. The van der Waals surface area contributed by atoms with Gasteiger partial charge in [-0.25, -0.2) is 4.98 Å². The van der Waals surface area contributed by atoms with Crippen LogP contribution in [0.4, 0.5) is 5.69 Å². The molecule has 1 aliphatic rings. The lowest BCUT2D eigenvalue weighted by atomic mass is 9.94. The van der Waals surface area contributed by atoms with Crippen molar-refractivity contribution in [1.29, 1.82) is 0 Å². The number of nitrogens with zero attached hydrogens (tertiary/aromatic N) is 3. The molecule has 0 spiro atoms. The number of hydrogen-bond donors (Lipinski definition) is 0. The first kappa shape index (κ1) is 23.2. The fourth-order valence-corrected chi connectivity index (χ4v) is 5.34. The van der Waals surface area contributed by atoms with Crippen LogP contribution in [-0.4, -0.2) is 28.6 Å². The Hall–Kier alpha value is -3.60. The third kappa shape index (κ3) is 4.09. The number of rotatable bonds is 6. The zero-order valence-corrected chi connectivity index (χ0v) is 21.3. The number of fused-ring (bicyclic) bond motifs is 1.